The van der Waals surface area contributed by atoms with Crippen LogP contribution in [0, 0.1) is 5.92 Å². The number of halogens is 2. The van der Waals surface area contributed by atoms with Crippen LogP contribution in [0.15, 0.2) is 18.2 Å². The number of benzene rings is 1. The van der Waals surface area contributed by atoms with Gasteiger partial charge in [0.25, 0.3) is 0 Å². The van der Waals surface area contributed by atoms with Crippen molar-refractivity contribution in [3.05, 3.63) is 28.2 Å². The number of amides is 2. The Morgan fingerprint density at radius 3 is 2.71 bits per heavy atom. The average Bonchev–Trinajstić information content (AvgIpc) is 2.43. The molecule has 1 saturated heterocycles. The highest BCUT2D eigenvalue weighted by Crippen LogP contribution is 2.30. The monoisotopic (exact) mass is 330 g/mol. The normalized spacial score (nSPS) is 22.0. The third-order valence-electron chi connectivity index (χ3n) is 3.68. The van der Waals surface area contributed by atoms with E-state index in [1.54, 1.807) is 23.1 Å². The smallest absolute Gasteiger partial charge is 0.322 e. The SMILES string of the molecule is CC1CC(C(=O)O)CCN1C(=O)Nc1cccc(Cl)c1Cl. The van der Waals surface area contributed by atoms with Gasteiger partial charge in [-0.15, -0.1) is 0 Å². The summed E-state index contributed by atoms with van der Waals surface area (Å²) in [6.07, 6.45) is 0.905. The molecule has 2 N–H and O–H groups in total. The predicted molar refractivity (Wildman–Crippen MR) is 82.0 cm³/mol. The number of carboxylic acid groups (broad SMARTS) is 1. The minimum absolute atomic E-state index is 0.141. The van der Waals surface area contributed by atoms with Crippen LogP contribution in [0.3, 0.4) is 0 Å². The van der Waals surface area contributed by atoms with E-state index in [2.05, 4.69) is 5.32 Å². The highest BCUT2D eigenvalue weighted by molar-refractivity contribution is 6.43. The molecule has 7 heteroatoms. The number of nitrogens with one attached hydrogen (secondary N) is 1. The second kappa shape index (κ2) is 6.54. The van der Waals surface area contributed by atoms with Crippen LogP contribution in [0.25, 0.3) is 0 Å². The maximum absolute atomic E-state index is 12.3. The molecule has 0 spiro atoms. The largest absolute Gasteiger partial charge is 0.481 e. The molecule has 2 atom stereocenters. The zero-order valence-electron chi connectivity index (χ0n) is 11.5. The molecule has 21 heavy (non-hydrogen) atoms. The molecule has 0 aromatic heterocycles. The summed E-state index contributed by atoms with van der Waals surface area (Å²) >= 11 is 11.9. The highest BCUT2D eigenvalue weighted by atomic mass is 35.5. The molecular weight excluding hydrogens is 315 g/mol. The van der Waals surface area contributed by atoms with Crippen molar-refractivity contribution in [2.75, 3.05) is 11.9 Å². The molecule has 1 fully saturated rings. The predicted octanol–water partition coefficient (Wildman–Crippen LogP) is 3.71. The molecule has 1 heterocycles. The molecule has 1 aliphatic heterocycles. The molecule has 2 unspecified atom stereocenters. The first-order chi connectivity index (χ1) is 9.90. The van der Waals surface area contributed by atoms with E-state index in [1.807, 2.05) is 6.92 Å². The van der Waals surface area contributed by atoms with Crippen molar-refractivity contribution in [1.29, 1.82) is 0 Å². The van der Waals surface area contributed by atoms with Gasteiger partial charge in [-0.3, -0.25) is 4.79 Å². The Morgan fingerprint density at radius 2 is 2.10 bits per heavy atom. The number of carboxylic acids is 1. The van der Waals surface area contributed by atoms with E-state index in [1.165, 1.54) is 0 Å². The third-order valence-corrected chi connectivity index (χ3v) is 4.50. The molecule has 2 rings (SSSR count). The van der Waals surface area contributed by atoms with E-state index in [0.717, 1.165) is 0 Å². The Labute approximate surface area is 132 Å². The van der Waals surface area contributed by atoms with E-state index >= 15 is 0 Å². The van der Waals surface area contributed by atoms with Crippen molar-refractivity contribution in [3.8, 4) is 0 Å². The minimum atomic E-state index is -0.806. The minimum Gasteiger partial charge on any atom is -0.481 e. The van der Waals surface area contributed by atoms with Gasteiger partial charge in [0.15, 0.2) is 0 Å². The van der Waals surface area contributed by atoms with Gasteiger partial charge in [-0.2, -0.15) is 0 Å². The first-order valence-electron chi connectivity index (χ1n) is 6.64. The lowest BCUT2D eigenvalue weighted by Gasteiger charge is -2.36. The summed E-state index contributed by atoms with van der Waals surface area (Å²) in [5.41, 5.74) is 0.446. The van der Waals surface area contributed by atoms with Gasteiger partial charge in [0.2, 0.25) is 0 Å². The molecule has 1 aromatic rings. The molecule has 1 aromatic carbocycles. The lowest BCUT2D eigenvalue weighted by molar-refractivity contribution is -0.143. The van der Waals surface area contributed by atoms with Crippen LogP contribution < -0.4 is 5.32 Å². The molecule has 114 valence electrons. The Kier molecular flexibility index (Phi) is 4.96. The van der Waals surface area contributed by atoms with Crippen LogP contribution >= 0.6 is 23.2 Å². The number of hydrogen-bond acceptors (Lipinski definition) is 2. The van der Waals surface area contributed by atoms with Crippen molar-refractivity contribution in [2.45, 2.75) is 25.8 Å². The van der Waals surface area contributed by atoms with E-state index < -0.39 is 5.97 Å². The molecule has 5 nitrogen and oxygen atoms in total. The molecule has 2 amide bonds. The summed E-state index contributed by atoms with van der Waals surface area (Å²) in [5, 5.41) is 12.4. The van der Waals surface area contributed by atoms with E-state index in [9.17, 15) is 9.59 Å². The summed E-state index contributed by atoms with van der Waals surface area (Å²) < 4.78 is 0. The van der Waals surface area contributed by atoms with Gasteiger partial charge in [-0.25, -0.2) is 4.79 Å². The number of hydrogen-bond donors (Lipinski definition) is 2. The number of nitrogens with zero attached hydrogens (tertiary/aromatic N) is 1. The van der Waals surface area contributed by atoms with Crippen LogP contribution in [0.1, 0.15) is 19.8 Å². The van der Waals surface area contributed by atoms with Crippen molar-refractivity contribution < 1.29 is 14.7 Å². The Balaban J connectivity index is 2.04. The van der Waals surface area contributed by atoms with Gasteiger partial charge in [0, 0.05) is 12.6 Å². The fraction of sp³-hybridized carbons (Fsp3) is 0.429. The highest BCUT2D eigenvalue weighted by Gasteiger charge is 2.32. The second-order valence-corrected chi connectivity index (χ2v) is 5.92. The maximum atomic E-state index is 12.3. The maximum Gasteiger partial charge on any atom is 0.322 e. The molecule has 0 aliphatic carbocycles. The van der Waals surface area contributed by atoms with Crippen molar-refractivity contribution in [2.24, 2.45) is 5.92 Å². The number of carbonyl (C=O) groups excluding carboxylic acids is 1. The molecular formula is C14H16Cl2N2O3. The van der Waals surface area contributed by atoms with Crippen LogP contribution in [0.2, 0.25) is 10.0 Å². The van der Waals surface area contributed by atoms with Gasteiger partial charge >= 0.3 is 12.0 Å². The summed E-state index contributed by atoms with van der Waals surface area (Å²) in [5.74, 6) is -1.20. The zero-order valence-corrected chi connectivity index (χ0v) is 13.0. The number of piperidine rings is 1. The van der Waals surface area contributed by atoms with Gasteiger partial charge in [-0.1, -0.05) is 29.3 Å². The number of aliphatic carboxylic acids is 1. The van der Waals surface area contributed by atoms with E-state index in [4.69, 9.17) is 28.3 Å². The van der Waals surface area contributed by atoms with E-state index in [0.29, 0.717) is 35.1 Å². The van der Waals surface area contributed by atoms with Gasteiger partial charge < -0.3 is 15.3 Å². The lowest BCUT2D eigenvalue weighted by atomic mass is 9.92. The fourth-order valence-electron chi connectivity index (χ4n) is 2.49. The molecule has 0 radical (unpaired) electrons. The van der Waals surface area contributed by atoms with Crippen LogP contribution in [-0.2, 0) is 4.79 Å². The Morgan fingerprint density at radius 1 is 1.38 bits per heavy atom. The molecule has 0 saturated carbocycles. The molecule has 1 aliphatic rings. The fourth-order valence-corrected chi connectivity index (χ4v) is 2.83. The van der Waals surface area contributed by atoms with Crippen molar-refractivity contribution in [3.63, 3.8) is 0 Å². The number of likely N-dealkylation sites (tertiary alicyclic amines) is 1. The average molecular weight is 331 g/mol. The number of carbonyl (C=O) groups is 2. The van der Waals surface area contributed by atoms with Gasteiger partial charge in [-0.05, 0) is 31.9 Å². The van der Waals surface area contributed by atoms with Crippen molar-refractivity contribution in [1.82, 2.24) is 4.90 Å². The number of urea groups is 1. The summed E-state index contributed by atoms with van der Waals surface area (Å²) in [4.78, 5) is 24.9. The quantitative estimate of drug-likeness (QED) is 0.868. The summed E-state index contributed by atoms with van der Waals surface area (Å²) in [6.45, 7) is 2.25. The van der Waals surface area contributed by atoms with Gasteiger partial charge in [0.05, 0.1) is 21.7 Å². The molecule has 0 bridgehead atoms. The van der Waals surface area contributed by atoms with Crippen LogP contribution in [0.4, 0.5) is 10.5 Å². The zero-order chi connectivity index (χ0) is 15.6. The number of rotatable bonds is 2. The Hall–Kier alpha value is -1.46. The Bertz CT molecular complexity index is 565. The standard InChI is InChI=1S/C14H16Cl2N2O3/c1-8-7-9(13(19)20)5-6-18(8)14(21)17-11-4-2-3-10(15)12(11)16/h2-4,8-9H,5-7H2,1H3,(H,17,21)(H,19,20). The lowest BCUT2D eigenvalue weighted by Crippen LogP contribution is -2.47. The van der Waals surface area contributed by atoms with Gasteiger partial charge in [0.1, 0.15) is 0 Å². The van der Waals surface area contributed by atoms with E-state index in [-0.39, 0.29) is 18.0 Å². The first kappa shape index (κ1) is 15.9. The second-order valence-electron chi connectivity index (χ2n) is 5.13. The number of anilines is 1. The summed E-state index contributed by atoms with van der Waals surface area (Å²) in [6, 6.07) is 4.57. The first-order valence-corrected chi connectivity index (χ1v) is 7.40. The van der Waals surface area contributed by atoms with Crippen LogP contribution in [0.5, 0.6) is 0 Å². The van der Waals surface area contributed by atoms with Crippen molar-refractivity contribution >= 4 is 40.9 Å². The van der Waals surface area contributed by atoms with Crippen LogP contribution in [-0.4, -0.2) is 34.6 Å². The topological polar surface area (TPSA) is 69.6 Å². The third kappa shape index (κ3) is 3.60. The summed E-state index contributed by atoms with van der Waals surface area (Å²) in [7, 11) is 0.